The van der Waals surface area contributed by atoms with Crippen LogP contribution in [0.15, 0.2) is 114 Å². The predicted molar refractivity (Wildman–Crippen MR) is 339 cm³/mol. The second kappa shape index (κ2) is 30.1. The lowest BCUT2D eigenvalue weighted by atomic mass is 10.1. The van der Waals surface area contributed by atoms with Crippen molar-refractivity contribution in [2.24, 2.45) is 0 Å². The number of urea groups is 1. The fourth-order valence-corrected chi connectivity index (χ4v) is 13.1. The van der Waals surface area contributed by atoms with Crippen LogP contribution >= 0.6 is 0 Å². The Hall–Kier alpha value is -8.38. The number of amides is 5. The van der Waals surface area contributed by atoms with E-state index in [-0.39, 0.29) is 50.1 Å². The van der Waals surface area contributed by atoms with Crippen LogP contribution in [0, 0.1) is 0 Å². The first kappa shape index (κ1) is 69.0. The minimum atomic E-state index is -3.86. The number of carbonyl (C=O) groups is 4. The zero-order chi connectivity index (χ0) is 66.7. The number of fused-ring (bicyclic) bond motifs is 4. The molecule has 33 heteroatoms. The molecule has 4 aromatic heterocycles. The summed E-state index contributed by atoms with van der Waals surface area (Å²) in [5.41, 5.74) is 7.28. The number of sulfonamides is 2. The van der Waals surface area contributed by atoms with Crippen molar-refractivity contribution in [1.29, 1.82) is 0 Å². The van der Waals surface area contributed by atoms with Gasteiger partial charge in [0, 0.05) is 26.2 Å². The van der Waals surface area contributed by atoms with Gasteiger partial charge in [-0.1, -0.05) is 82.0 Å². The lowest BCUT2D eigenvalue weighted by Gasteiger charge is -2.24. The van der Waals surface area contributed by atoms with E-state index in [0.717, 1.165) is 32.1 Å². The second-order valence-corrected chi connectivity index (χ2v) is 26.0. The van der Waals surface area contributed by atoms with Gasteiger partial charge in [0.2, 0.25) is 20.0 Å². The van der Waals surface area contributed by atoms with Gasteiger partial charge in [0.15, 0.2) is 70.2 Å². The Morgan fingerprint density at radius 1 is 0.548 bits per heavy atom. The molecule has 9 N–H and O–H groups in total. The minimum Gasteiger partial charge on any atom is -0.410 e. The first-order valence-electron chi connectivity index (χ1n) is 30.5. The Bertz CT molecular complexity index is 3990. The molecular weight excluding hydrogens is 1250 g/mol. The van der Waals surface area contributed by atoms with Gasteiger partial charge in [0.1, 0.15) is 52.6 Å². The molecule has 0 spiro atoms. The van der Waals surface area contributed by atoms with Crippen molar-refractivity contribution in [2.75, 3.05) is 47.9 Å². The number of nitrogens with two attached hydrogens (primary N) is 1. The van der Waals surface area contributed by atoms with E-state index >= 15 is 0 Å². The molecule has 0 aliphatic carbocycles. The average Bonchev–Trinajstić information content (AvgIpc) is 1.60. The van der Waals surface area contributed by atoms with Gasteiger partial charge >= 0.3 is 12.1 Å². The number of para-hydroxylation sites is 3. The number of unbranched alkanes of at least 4 members (excludes halogenated alkanes) is 4. The first-order valence-corrected chi connectivity index (χ1v) is 33.4. The molecule has 4 aliphatic heterocycles. The number of aromatic nitrogens is 8. The summed E-state index contributed by atoms with van der Waals surface area (Å²) in [5.74, 6) is -1.79. The lowest BCUT2D eigenvalue weighted by Crippen LogP contribution is -2.42. The van der Waals surface area contributed by atoms with Gasteiger partial charge in [0.05, 0.1) is 24.0 Å². The van der Waals surface area contributed by atoms with Crippen molar-refractivity contribution in [3.63, 3.8) is 0 Å². The molecule has 8 heterocycles. The average molecular weight is 1330 g/mol. The van der Waals surface area contributed by atoms with E-state index in [1.54, 1.807) is 91.4 Å². The maximum Gasteiger partial charge on any atom is 0.418 e. The number of anilines is 4. The largest absolute Gasteiger partial charge is 0.418 e. The van der Waals surface area contributed by atoms with E-state index in [1.165, 1.54) is 43.5 Å². The van der Waals surface area contributed by atoms with Crippen LogP contribution in [0.2, 0.25) is 0 Å². The third kappa shape index (κ3) is 16.5. The van der Waals surface area contributed by atoms with Crippen molar-refractivity contribution < 1.29 is 69.2 Å². The molecule has 5 amide bonds. The van der Waals surface area contributed by atoms with Crippen LogP contribution in [0.3, 0.4) is 0 Å². The number of likely N-dealkylation sites (N-methyl/N-ethyl adjacent to an activating group) is 2. The molecule has 7 aromatic rings. The highest BCUT2D eigenvalue weighted by Gasteiger charge is 2.60. The molecule has 4 aliphatic rings. The number of nitrogens with zero attached hydrogens (tertiary/aromatic N) is 8. The number of imidazole rings is 2. The zero-order valence-corrected chi connectivity index (χ0v) is 54.2. The van der Waals surface area contributed by atoms with Crippen molar-refractivity contribution in [3.05, 3.63) is 104 Å². The quantitative estimate of drug-likeness (QED) is 0.0276. The van der Waals surface area contributed by atoms with Gasteiger partial charge in [-0.15, -0.1) is 0 Å². The fourth-order valence-electron chi connectivity index (χ4n) is 10.7. The van der Waals surface area contributed by atoms with Gasteiger partial charge in [-0.05, 0) is 90.8 Å². The number of carbonyl (C=O) groups excluding carboxylic acids is 4. The van der Waals surface area contributed by atoms with E-state index in [0.29, 0.717) is 55.2 Å². The standard InChI is InChI=1S/C27H36N8O7S.C22H24N6O6.C11H18N2O2S/c1-5-7-10-13-32-43(38,39)17-12-9-8-11-16(17)33-26(37)34-22-18-23(30-14-29-22)35(15-31-18)25-21-19(41-27(3,4)42-21)20(40-25)24(36)28-6-2;1-4-23-19(29)15-14-16(34-22(2,3)33-14)20(32-15)28-11-26-13-17(24-10-25-18(13)28)27-21(30)31-12-8-6-5-7-9-12;1-2-3-6-9-13-16(14,15)11-8-5-4-7-10(11)12/h8-9,11-12,14-15,19-21,25,32H,5-7,10,13H2,1-4H3,(H,28,36)(H2,29,30,33,34,37);5-11,14-16,20H,4H2,1-3H3,(H,23,29)(H,24,25,27,30);4-5,7-8,13H,2-3,6,9,12H2,1H3/t19?,20-,21?,25+;14?,15-,16?,20+;/m00./s1. The molecular formula is C60H78N16O15S2. The summed E-state index contributed by atoms with van der Waals surface area (Å²) in [7, 11) is -7.31. The number of ether oxygens (including phenoxy) is 7. The summed E-state index contributed by atoms with van der Waals surface area (Å²) < 4.78 is 99.4. The van der Waals surface area contributed by atoms with E-state index in [2.05, 4.69) is 72.9 Å². The third-order valence-electron chi connectivity index (χ3n) is 14.7. The summed E-state index contributed by atoms with van der Waals surface area (Å²) in [6.07, 6.45) is 4.49. The first-order chi connectivity index (χ1) is 44.5. The topological polar surface area (TPSA) is 399 Å². The molecule has 0 saturated carbocycles. The van der Waals surface area contributed by atoms with Crippen LogP contribution in [0.25, 0.3) is 22.3 Å². The highest BCUT2D eigenvalue weighted by Crippen LogP contribution is 2.46. The van der Waals surface area contributed by atoms with Gasteiger partial charge in [-0.2, -0.15) is 0 Å². The Kier molecular flexibility index (Phi) is 22.4. The maximum atomic E-state index is 13.0. The van der Waals surface area contributed by atoms with Crippen LogP contribution in [-0.2, 0) is 58.1 Å². The lowest BCUT2D eigenvalue weighted by molar-refractivity contribution is -0.198. The fraction of sp³-hybridized carbons (Fsp3) is 0.467. The summed E-state index contributed by atoms with van der Waals surface area (Å²) in [6.45, 7) is 16.5. The number of hydrogen-bond donors (Lipinski definition) is 8. The van der Waals surface area contributed by atoms with Crippen LogP contribution in [-0.4, -0.2) is 154 Å². The summed E-state index contributed by atoms with van der Waals surface area (Å²) in [5, 5.41) is 13.3. The smallest absolute Gasteiger partial charge is 0.410 e. The van der Waals surface area contributed by atoms with Crippen molar-refractivity contribution in [1.82, 2.24) is 59.1 Å². The molecule has 4 unspecified atom stereocenters. The van der Waals surface area contributed by atoms with E-state index in [9.17, 15) is 36.0 Å². The second-order valence-electron chi connectivity index (χ2n) is 22.6. The number of benzene rings is 3. The molecule has 31 nitrogen and oxygen atoms in total. The normalized spacial score (nSPS) is 21.7. The van der Waals surface area contributed by atoms with E-state index < -0.39 is 92.8 Å². The van der Waals surface area contributed by atoms with E-state index in [4.69, 9.17) is 38.9 Å². The molecule has 0 radical (unpaired) electrons. The molecule has 3 aromatic carbocycles. The van der Waals surface area contributed by atoms with Crippen LogP contribution in [0.5, 0.6) is 5.75 Å². The van der Waals surface area contributed by atoms with Crippen molar-refractivity contribution >= 4 is 89.3 Å². The minimum absolute atomic E-state index is 0.0601. The number of rotatable bonds is 22. The molecule has 4 fully saturated rings. The molecule has 0 bridgehead atoms. The monoisotopic (exact) mass is 1330 g/mol. The van der Waals surface area contributed by atoms with Crippen LogP contribution < -0.4 is 46.5 Å². The highest BCUT2D eigenvalue weighted by molar-refractivity contribution is 7.90. The van der Waals surface area contributed by atoms with Gasteiger partial charge < -0.3 is 54.8 Å². The zero-order valence-electron chi connectivity index (χ0n) is 52.6. The predicted octanol–water partition coefficient (Wildman–Crippen LogP) is 6.22. The summed E-state index contributed by atoms with van der Waals surface area (Å²) in [6, 6.07) is 20.5. The number of nitrogen functional groups attached to an aromatic ring is 1. The Morgan fingerprint density at radius 2 is 1.00 bits per heavy atom. The third-order valence-corrected chi connectivity index (χ3v) is 17.8. The van der Waals surface area contributed by atoms with Crippen molar-refractivity contribution in [2.45, 2.75) is 164 Å². The molecule has 93 heavy (non-hydrogen) atoms. The van der Waals surface area contributed by atoms with Crippen LogP contribution in [0.4, 0.5) is 32.6 Å². The number of hydrogen-bond acceptors (Lipinski definition) is 22. The maximum absolute atomic E-state index is 13.0. The summed E-state index contributed by atoms with van der Waals surface area (Å²) in [4.78, 5) is 76.6. The highest BCUT2D eigenvalue weighted by atomic mass is 32.2. The Balaban J connectivity index is 0.000000181. The Morgan fingerprint density at radius 3 is 1.49 bits per heavy atom. The van der Waals surface area contributed by atoms with Gasteiger partial charge in [-0.3, -0.25) is 29.4 Å². The number of nitrogens with one attached hydrogen (secondary N) is 7. The van der Waals surface area contributed by atoms with Gasteiger partial charge in [0.25, 0.3) is 11.8 Å². The van der Waals surface area contributed by atoms with Crippen molar-refractivity contribution in [3.8, 4) is 5.75 Å². The Labute approximate surface area is 537 Å². The van der Waals surface area contributed by atoms with Gasteiger partial charge in [-0.25, -0.2) is 65.8 Å². The molecule has 4 saturated heterocycles. The SMILES string of the molecule is CCCCCNS(=O)(=O)c1ccccc1N.CCCCCNS(=O)(=O)c1ccccc1NC(=O)Nc1ncnc2c1ncn2[C@@H]1O[C@H](C(=O)NCC)C2OC(C)(C)OC21.CCNC(=O)[C@H]1O[C@@H](n2cnc3c(NC(=O)Oc4ccccc4)ncnc32)C2OC(C)(C)OC21. The van der Waals surface area contributed by atoms with Crippen LogP contribution in [0.1, 0.15) is 106 Å². The molecule has 11 rings (SSSR count). The molecule has 8 atom stereocenters. The summed E-state index contributed by atoms with van der Waals surface area (Å²) >= 11 is 0. The van der Waals surface area contributed by atoms with E-state index in [1.807, 2.05) is 26.8 Å². The molecule has 500 valence electrons.